The predicted molar refractivity (Wildman–Crippen MR) is 59.3 cm³/mol. The van der Waals surface area contributed by atoms with Crippen molar-refractivity contribution in [2.75, 3.05) is 0 Å². The summed E-state index contributed by atoms with van der Waals surface area (Å²) in [5.74, 6) is 0.843. The van der Waals surface area contributed by atoms with Crippen LogP contribution in [0.5, 0.6) is 0 Å². The van der Waals surface area contributed by atoms with Gasteiger partial charge in [0.05, 0.1) is 6.04 Å². The number of hydrogen-bond acceptors (Lipinski definition) is 1. The third kappa shape index (κ3) is 4.45. The van der Waals surface area contributed by atoms with E-state index in [0.717, 1.165) is 18.8 Å². The Morgan fingerprint density at radius 1 is 1.20 bits per heavy atom. The Morgan fingerprint density at radius 2 is 1.80 bits per heavy atom. The Hall–Kier alpha value is -0.180. The van der Waals surface area contributed by atoms with E-state index in [9.17, 15) is 8.78 Å². The Bertz CT molecular complexity index is 165. The molecule has 1 saturated carbocycles. The molecule has 1 N–H and O–H groups in total. The van der Waals surface area contributed by atoms with Gasteiger partial charge in [0.25, 0.3) is 6.43 Å². The van der Waals surface area contributed by atoms with Gasteiger partial charge in [-0.3, -0.25) is 0 Å². The zero-order valence-electron chi connectivity index (χ0n) is 9.81. The van der Waals surface area contributed by atoms with Crippen LogP contribution in [0.3, 0.4) is 0 Å². The summed E-state index contributed by atoms with van der Waals surface area (Å²) in [7, 11) is 0. The second-order valence-electron chi connectivity index (χ2n) is 4.80. The van der Waals surface area contributed by atoms with Gasteiger partial charge in [-0.25, -0.2) is 8.78 Å². The highest BCUT2D eigenvalue weighted by Gasteiger charge is 2.24. The first-order valence-corrected chi connectivity index (χ1v) is 6.17. The maximum absolute atomic E-state index is 12.3. The van der Waals surface area contributed by atoms with Crippen LogP contribution in [-0.2, 0) is 0 Å². The van der Waals surface area contributed by atoms with Crippen molar-refractivity contribution in [1.29, 1.82) is 0 Å². The molecular weight excluding hydrogens is 196 g/mol. The summed E-state index contributed by atoms with van der Waals surface area (Å²) in [6, 6.07) is -0.333. The molecule has 15 heavy (non-hydrogen) atoms. The molecule has 3 heteroatoms. The van der Waals surface area contributed by atoms with E-state index in [1.165, 1.54) is 25.7 Å². The molecule has 0 bridgehead atoms. The van der Waals surface area contributed by atoms with Crippen LogP contribution in [0.15, 0.2) is 0 Å². The van der Waals surface area contributed by atoms with E-state index < -0.39 is 12.5 Å². The largest absolute Gasteiger partial charge is 0.306 e. The fourth-order valence-electron chi connectivity index (χ4n) is 2.47. The maximum Gasteiger partial charge on any atom is 0.253 e. The maximum atomic E-state index is 12.3. The summed E-state index contributed by atoms with van der Waals surface area (Å²) >= 11 is 0. The van der Waals surface area contributed by atoms with Gasteiger partial charge in [0.2, 0.25) is 0 Å². The second kappa shape index (κ2) is 6.41. The van der Waals surface area contributed by atoms with Gasteiger partial charge in [-0.1, -0.05) is 19.8 Å². The van der Waals surface area contributed by atoms with Gasteiger partial charge in [-0.15, -0.1) is 0 Å². The molecule has 0 heterocycles. The lowest BCUT2D eigenvalue weighted by Crippen LogP contribution is -2.42. The van der Waals surface area contributed by atoms with Crippen molar-refractivity contribution in [2.24, 2.45) is 5.92 Å². The van der Waals surface area contributed by atoms with Gasteiger partial charge in [-0.2, -0.15) is 0 Å². The lowest BCUT2D eigenvalue weighted by atomic mass is 9.83. The zero-order chi connectivity index (χ0) is 11.3. The molecule has 1 aliphatic carbocycles. The molecule has 1 nitrogen and oxygen atoms in total. The highest BCUT2D eigenvalue weighted by atomic mass is 19.3. The van der Waals surface area contributed by atoms with E-state index in [1.807, 2.05) is 0 Å². The molecule has 90 valence electrons. The smallest absolute Gasteiger partial charge is 0.253 e. The molecule has 1 fully saturated rings. The Kier molecular flexibility index (Phi) is 5.51. The number of halogens is 2. The van der Waals surface area contributed by atoms with E-state index in [4.69, 9.17) is 0 Å². The van der Waals surface area contributed by atoms with Crippen molar-refractivity contribution >= 4 is 0 Å². The summed E-state index contributed by atoms with van der Waals surface area (Å²) in [6.07, 6.45) is 4.87. The Labute approximate surface area is 91.6 Å². The minimum absolute atomic E-state index is 0.321. The molecule has 0 saturated heterocycles. The van der Waals surface area contributed by atoms with E-state index >= 15 is 0 Å². The van der Waals surface area contributed by atoms with Crippen LogP contribution in [-0.4, -0.2) is 18.5 Å². The molecule has 0 spiro atoms. The monoisotopic (exact) mass is 219 g/mol. The zero-order valence-corrected chi connectivity index (χ0v) is 9.81. The van der Waals surface area contributed by atoms with Crippen molar-refractivity contribution in [1.82, 2.24) is 5.32 Å². The molecule has 0 aromatic carbocycles. The van der Waals surface area contributed by atoms with Crippen molar-refractivity contribution < 1.29 is 8.78 Å². The quantitative estimate of drug-likeness (QED) is 0.745. The molecule has 1 rings (SSSR count). The van der Waals surface area contributed by atoms with E-state index in [1.54, 1.807) is 6.92 Å². The molecule has 1 atom stereocenters. The highest BCUT2D eigenvalue weighted by Crippen LogP contribution is 2.28. The molecule has 1 aliphatic rings. The predicted octanol–water partition coefficient (Wildman–Crippen LogP) is 3.59. The highest BCUT2D eigenvalue weighted by molar-refractivity contribution is 4.79. The first-order valence-electron chi connectivity index (χ1n) is 6.17. The molecule has 0 radical (unpaired) electrons. The molecule has 1 unspecified atom stereocenters. The molecule has 0 amide bonds. The number of rotatable bonds is 5. The van der Waals surface area contributed by atoms with E-state index in [-0.39, 0.29) is 0 Å². The van der Waals surface area contributed by atoms with Gasteiger partial charge in [-0.05, 0) is 38.5 Å². The lowest BCUT2D eigenvalue weighted by Gasteiger charge is -2.31. The van der Waals surface area contributed by atoms with E-state index in [2.05, 4.69) is 12.2 Å². The molecule has 0 aromatic rings. The molecule has 0 aromatic heterocycles. The van der Waals surface area contributed by atoms with Crippen molar-refractivity contribution in [3.05, 3.63) is 0 Å². The van der Waals surface area contributed by atoms with Gasteiger partial charge < -0.3 is 5.32 Å². The van der Waals surface area contributed by atoms with Crippen molar-refractivity contribution in [3.8, 4) is 0 Å². The summed E-state index contributed by atoms with van der Waals surface area (Å²) in [6.45, 7) is 3.78. The number of hydrogen-bond donors (Lipinski definition) is 1. The first kappa shape index (κ1) is 12.9. The normalized spacial score (nSPS) is 29.4. The van der Waals surface area contributed by atoms with Crippen LogP contribution in [0, 0.1) is 5.92 Å². The fraction of sp³-hybridized carbons (Fsp3) is 1.00. The van der Waals surface area contributed by atoms with Crippen molar-refractivity contribution in [2.45, 2.75) is 70.9 Å². The topological polar surface area (TPSA) is 12.0 Å². The Balaban J connectivity index is 2.19. The Morgan fingerprint density at radius 3 is 2.27 bits per heavy atom. The lowest BCUT2D eigenvalue weighted by molar-refractivity contribution is 0.0939. The van der Waals surface area contributed by atoms with Crippen LogP contribution in [0.25, 0.3) is 0 Å². The van der Waals surface area contributed by atoms with Crippen LogP contribution in [0.1, 0.15) is 52.4 Å². The standard InChI is InChI=1S/C12H23F2N/c1-3-4-10-5-7-11(8-6-10)15-9(2)12(13)14/h9-12,15H,3-8H2,1-2H3. The molecular formula is C12H23F2N. The van der Waals surface area contributed by atoms with Crippen molar-refractivity contribution in [3.63, 3.8) is 0 Å². The SMILES string of the molecule is CCCC1CCC(NC(C)C(F)F)CC1. The van der Waals surface area contributed by atoms with Crippen LogP contribution >= 0.6 is 0 Å². The minimum Gasteiger partial charge on any atom is -0.306 e. The summed E-state index contributed by atoms with van der Waals surface area (Å²) in [4.78, 5) is 0. The third-order valence-corrected chi connectivity index (χ3v) is 3.42. The summed E-state index contributed by atoms with van der Waals surface area (Å²) in [5, 5.41) is 3.03. The fourth-order valence-corrected chi connectivity index (χ4v) is 2.47. The molecule has 0 aliphatic heterocycles. The first-order chi connectivity index (χ1) is 7.13. The number of nitrogens with one attached hydrogen (secondary N) is 1. The summed E-state index contributed by atoms with van der Waals surface area (Å²) in [5.41, 5.74) is 0. The van der Waals surface area contributed by atoms with E-state index in [0.29, 0.717) is 6.04 Å². The summed E-state index contributed by atoms with van der Waals surface area (Å²) < 4.78 is 24.6. The average Bonchev–Trinajstić information content (AvgIpc) is 2.21. The van der Waals surface area contributed by atoms with Gasteiger partial charge in [0.15, 0.2) is 0 Å². The van der Waals surface area contributed by atoms with Gasteiger partial charge >= 0.3 is 0 Å². The van der Waals surface area contributed by atoms with Crippen LogP contribution in [0.2, 0.25) is 0 Å². The van der Waals surface area contributed by atoms with Gasteiger partial charge in [0.1, 0.15) is 0 Å². The van der Waals surface area contributed by atoms with Gasteiger partial charge in [0, 0.05) is 6.04 Å². The van der Waals surface area contributed by atoms with Crippen LogP contribution < -0.4 is 5.32 Å². The number of alkyl halides is 2. The van der Waals surface area contributed by atoms with Crippen LogP contribution in [0.4, 0.5) is 8.78 Å². The minimum atomic E-state index is -2.24. The average molecular weight is 219 g/mol. The third-order valence-electron chi connectivity index (χ3n) is 3.42. The second-order valence-corrected chi connectivity index (χ2v) is 4.80.